The summed E-state index contributed by atoms with van der Waals surface area (Å²) in [7, 11) is -1.88. The molecule has 8 heteroatoms. The molecule has 0 saturated heterocycles. The first-order valence-corrected chi connectivity index (χ1v) is 7.82. The van der Waals surface area contributed by atoms with Crippen molar-refractivity contribution < 1.29 is 8.42 Å². The van der Waals surface area contributed by atoms with Crippen molar-refractivity contribution in [2.45, 2.75) is 44.7 Å². The molecule has 0 aliphatic heterocycles. The monoisotopic (exact) mass is 324 g/mol. The minimum atomic E-state index is -3.64. The molecule has 0 spiro atoms. The minimum Gasteiger partial charge on any atom is -0.337 e. The number of nitrogens with one attached hydrogen (secondary N) is 1. The first-order chi connectivity index (χ1) is 8.59. The van der Waals surface area contributed by atoms with Crippen LogP contribution in [0.4, 0.5) is 0 Å². The van der Waals surface area contributed by atoms with E-state index in [2.05, 4.69) is 9.71 Å². The van der Waals surface area contributed by atoms with Gasteiger partial charge in [-0.2, -0.15) is 0 Å². The van der Waals surface area contributed by atoms with Gasteiger partial charge in [-0.25, -0.2) is 18.1 Å². The molecule has 1 aromatic rings. The Balaban J connectivity index is 0.00000361. The highest BCUT2D eigenvalue weighted by Gasteiger charge is 2.31. The van der Waals surface area contributed by atoms with Gasteiger partial charge in [0.1, 0.15) is 5.82 Å². The average Bonchev–Trinajstić information content (AvgIpc) is 2.58. The number of hydrogen-bond acceptors (Lipinski definition) is 4. The van der Waals surface area contributed by atoms with Crippen LogP contribution in [0, 0.1) is 12.8 Å². The van der Waals surface area contributed by atoms with Crippen LogP contribution in [0.15, 0.2) is 11.2 Å². The van der Waals surface area contributed by atoms with Crippen molar-refractivity contribution in [3.05, 3.63) is 12.0 Å². The van der Waals surface area contributed by atoms with Crippen LogP contribution in [0.2, 0.25) is 0 Å². The van der Waals surface area contributed by atoms with Gasteiger partial charge in [0.15, 0.2) is 5.03 Å². The fourth-order valence-electron chi connectivity index (χ4n) is 2.10. The highest BCUT2D eigenvalue weighted by molar-refractivity contribution is 7.89. The Hall–Kier alpha value is -0.630. The number of halogens is 1. The van der Waals surface area contributed by atoms with Crippen molar-refractivity contribution >= 4 is 22.4 Å². The van der Waals surface area contributed by atoms with Crippen LogP contribution in [0.3, 0.4) is 0 Å². The van der Waals surface area contributed by atoms with E-state index in [0.717, 1.165) is 0 Å². The quantitative estimate of drug-likeness (QED) is 0.822. The molecule has 0 aliphatic rings. The molecule has 1 atom stereocenters. The first kappa shape index (κ1) is 19.4. The third-order valence-electron chi connectivity index (χ3n) is 3.05. The van der Waals surface area contributed by atoms with E-state index >= 15 is 0 Å². The molecule has 118 valence electrons. The van der Waals surface area contributed by atoms with Crippen molar-refractivity contribution in [2.24, 2.45) is 18.7 Å². The molecule has 3 N–H and O–H groups in total. The molecule has 0 amide bonds. The van der Waals surface area contributed by atoms with E-state index in [0.29, 0.717) is 18.2 Å². The second-order valence-corrected chi connectivity index (χ2v) is 7.33. The average molecular weight is 325 g/mol. The Kier molecular flexibility index (Phi) is 6.67. The summed E-state index contributed by atoms with van der Waals surface area (Å²) in [6.45, 7) is 7.89. The number of rotatable bonds is 6. The van der Waals surface area contributed by atoms with E-state index < -0.39 is 15.6 Å². The summed E-state index contributed by atoms with van der Waals surface area (Å²) in [5, 5.41) is 0.0379. The summed E-state index contributed by atoms with van der Waals surface area (Å²) in [4.78, 5) is 4.05. The molecular formula is C12H25ClN4O2S. The minimum absolute atomic E-state index is 0. The van der Waals surface area contributed by atoms with Gasteiger partial charge in [-0.05, 0) is 26.2 Å². The number of aryl methyl sites for hydroxylation is 2. The lowest BCUT2D eigenvalue weighted by Gasteiger charge is -2.30. The number of sulfonamides is 1. The van der Waals surface area contributed by atoms with Gasteiger partial charge in [-0.1, -0.05) is 13.8 Å². The molecule has 0 radical (unpaired) electrons. The smallest absolute Gasteiger partial charge is 0.260 e. The van der Waals surface area contributed by atoms with E-state index in [1.54, 1.807) is 18.5 Å². The third-order valence-corrected chi connectivity index (χ3v) is 4.56. The summed E-state index contributed by atoms with van der Waals surface area (Å²) in [5.74, 6) is 1.00. The maximum Gasteiger partial charge on any atom is 0.260 e. The van der Waals surface area contributed by atoms with Gasteiger partial charge in [-0.15, -0.1) is 12.4 Å². The summed E-state index contributed by atoms with van der Waals surface area (Å²) >= 11 is 0. The van der Waals surface area contributed by atoms with Gasteiger partial charge in [0.2, 0.25) is 0 Å². The second kappa shape index (κ2) is 6.89. The molecule has 1 rings (SSSR count). The number of imidazole rings is 1. The van der Waals surface area contributed by atoms with E-state index in [1.807, 2.05) is 20.8 Å². The van der Waals surface area contributed by atoms with Crippen molar-refractivity contribution in [1.82, 2.24) is 14.3 Å². The number of aromatic nitrogens is 2. The zero-order chi connectivity index (χ0) is 14.8. The van der Waals surface area contributed by atoms with Crippen LogP contribution in [0.5, 0.6) is 0 Å². The molecule has 0 bridgehead atoms. The topological polar surface area (TPSA) is 90.0 Å². The van der Waals surface area contributed by atoms with Crippen molar-refractivity contribution in [1.29, 1.82) is 0 Å². The highest BCUT2D eigenvalue weighted by Crippen LogP contribution is 2.19. The summed E-state index contributed by atoms with van der Waals surface area (Å²) < 4.78 is 29.0. The van der Waals surface area contributed by atoms with E-state index in [1.165, 1.54) is 6.20 Å². The van der Waals surface area contributed by atoms with E-state index in [9.17, 15) is 8.42 Å². The van der Waals surface area contributed by atoms with Crippen molar-refractivity contribution in [3.8, 4) is 0 Å². The molecule has 0 saturated carbocycles. The van der Waals surface area contributed by atoms with Crippen LogP contribution < -0.4 is 10.5 Å². The summed E-state index contributed by atoms with van der Waals surface area (Å²) in [5.41, 5.74) is 5.07. The predicted molar refractivity (Wildman–Crippen MR) is 82.4 cm³/mol. The van der Waals surface area contributed by atoms with Crippen LogP contribution >= 0.6 is 12.4 Å². The Labute approximate surface area is 127 Å². The van der Waals surface area contributed by atoms with Crippen LogP contribution in [-0.2, 0) is 17.1 Å². The Morgan fingerprint density at radius 2 is 2.05 bits per heavy atom. The molecule has 1 aromatic heterocycles. The molecule has 0 aromatic carbocycles. The molecular weight excluding hydrogens is 300 g/mol. The van der Waals surface area contributed by atoms with Crippen molar-refractivity contribution in [3.63, 3.8) is 0 Å². The normalized spacial score (nSPS) is 14.9. The third kappa shape index (κ3) is 4.73. The molecule has 1 unspecified atom stereocenters. The molecule has 0 fully saturated rings. The molecule has 6 nitrogen and oxygen atoms in total. The molecule has 0 aliphatic carbocycles. The fourth-order valence-corrected chi connectivity index (χ4v) is 3.57. The zero-order valence-corrected chi connectivity index (χ0v) is 14.3. The van der Waals surface area contributed by atoms with Gasteiger partial charge in [0.05, 0.1) is 0 Å². The predicted octanol–water partition coefficient (Wildman–Crippen LogP) is 1.19. The SMILES string of the molecule is Cc1nc(S(=O)(=O)NC(C)(CN)CC(C)C)cn1C.Cl. The Morgan fingerprint density at radius 1 is 1.50 bits per heavy atom. The largest absolute Gasteiger partial charge is 0.337 e. The number of hydrogen-bond donors (Lipinski definition) is 2. The van der Waals surface area contributed by atoms with Crippen LogP contribution in [0.1, 0.15) is 33.0 Å². The molecule has 1 heterocycles. The summed E-state index contributed by atoms with van der Waals surface area (Å²) in [6, 6.07) is 0. The van der Waals surface area contributed by atoms with Crippen molar-refractivity contribution in [2.75, 3.05) is 6.54 Å². The lowest BCUT2D eigenvalue weighted by molar-refractivity contribution is 0.344. The lowest BCUT2D eigenvalue weighted by atomic mass is 9.92. The number of nitrogens with zero attached hydrogens (tertiary/aromatic N) is 2. The van der Waals surface area contributed by atoms with E-state index in [4.69, 9.17) is 5.73 Å². The van der Waals surface area contributed by atoms with E-state index in [-0.39, 0.29) is 24.0 Å². The Bertz CT molecular complexity index is 522. The maximum atomic E-state index is 12.3. The highest BCUT2D eigenvalue weighted by atomic mass is 35.5. The Morgan fingerprint density at radius 3 is 2.40 bits per heavy atom. The van der Waals surface area contributed by atoms with Crippen LogP contribution in [0.25, 0.3) is 0 Å². The fraction of sp³-hybridized carbons (Fsp3) is 0.750. The number of nitrogens with two attached hydrogens (primary N) is 1. The van der Waals surface area contributed by atoms with Crippen LogP contribution in [-0.4, -0.2) is 30.1 Å². The van der Waals surface area contributed by atoms with Gasteiger partial charge in [0.25, 0.3) is 10.0 Å². The standard InChI is InChI=1S/C12H24N4O2S.ClH/c1-9(2)6-12(4,8-13)15-19(17,18)11-7-16(5)10(3)14-11;/h7,9,15H,6,8,13H2,1-5H3;1H. The van der Waals surface area contributed by atoms with Gasteiger partial charge in [0, 0.05) is 25.3 Å². The second-order valence-electron chi connectivity index (χ2n) is 5.71. The first-order valence-electron chi connectivity index (χ1n) is 6.33. The van der Waals surface area contributed by atoms with Gasteiger partial charge in [-0.3, -0.25) is 0 Å². The molecule has 20 heavy (non-hydrogen) atoms. The maximum absolute atomic E-state index is 12.3. The lowest BCUT2D eigenvalue weighted by Crippen LogP contribution is -2.52. The van der Waals surface area contributed by atoms with Gasteiger partial charge >= 0.3 is 0 Å². The van der Waals surface area contributed by atoms with Gasteiger partial charge < -0.3 is 10.3 Å². The zero-order valence-electron chi connectivity index (χ0n) is 12.7. The summed E-state index contributed by atoms with van der Waals surface area (Å²) in [6.07, 6.45) is 2.18.